The lowest BCUT2D eigenvalue weighted by Gasteiger charge is -2.28. The lowest BCUT2D eigenvalue weighted by Crippen LogP contribution is -2.47. The molecular formula is C18H21FN2O3S. The van der Waals surface area contributed by atoms with Gasteiger partial charge in [0.15, 0.2) is 0 Å². The van der Waals surface area contributed by atoms with E-state index in [2.05, 4.69) is 5.32 Å². The van der Waals surface area contributed by atoms with E-state index in [1.165, 1.54) is 19.1 Å². The molecule has 2 aromatic rings. The molecule has 0 aliphatic carbocycles. The van der Waals surface area contributed by atoms with Gasteiger partial charge >= 0.3 is 0 Å². The first-order chi connectivity index (χ1) is 11.7. The van der Waals surface area contributed by atoms with Crippen molar-refractivity contribution in [3.05, 3.63) is 65.5 Å². The van der Waals surface area contributed by atoms with Crippen molar-refractivity contribution in [1.29, 1.82) is 0 Å². The highest BCUT2D eigenvalue weighted by Gasteiger charge is 2.28. The highest BCUT2D eigenvalue weighted by atomic mass is 32.2. The number of hydrogen-bond donors (Lipinski definition) is 1. The largest absolute Gasteiger partial charge is 0.350 e. The molecule has 0 aliphatic rings. The Kier molecular flexibility index (Phi) is 5.79. The van der Waals surface area contributed by atoms with Gasteiger partial charge in [0, 0.05) is 6.54 Å². The van der Waals surface area contributed by atoms with E-state index in [-0.39, 0.29) is 12.4 Å². The van der Waals surface area contributed by atoms with Crippen molar-refractivity contribution in [3.8, 4) is 0 Å². The van der Waals surface area contributed by atoms with E-state index < -0.39 is 22.0 Å². The summed E-state index contributed by atoms with van der Waals surface area (Å²) in [5.41, 5.74) is 2.06. The maximum absolute atomic E-state index is 12.9. The molecule has 0 bridgehead atoms. The van der Waals surface area contributed by atoms with Crippen LogP contribution in [0, 0.1) is 12.7 Å². The summed E-state index contributed by atoms with van der Waals surface area (Å²) >= 11 is 0. The van der Waals surface area contributed by atoms with Gasteiger partial charge in [0.05, 0.1) is 11.9 Å². The minimum Gasteiger partial charge on any atom is -0.350 e. The van der Waals surface area contributed by atoms with Crippen molar-refractivity contribution >= 4 is 21.6 Å². The maximum Gasteiger partial charge on any atom is 0.243 e. The fourth-order valence-corrected chi connectivity index (χ4v) is 3.68. The lowest BCUT2D eigenvalue weighted by atomic mass is 10.2. The first-order valence-corrected chi connectivity index (χ1v) is 9.61. The van der Waals surface area contributed by atoms with E-state index in [1.54, 1.807) is 30.3 Å². The number of sulfonamides is 1. The molecule has 25 heavy (non-hydrogen) atoms. The quantitative estimate of drug-likeness (QED) is 0.857. The zero-order valence-electron chi connectivity index (χ0n) is 14.4. The van der Waals surface area contributed by atoms with Crippen LogP contribution in [0.4, 0.5) is 10.1 Å². The summed E-state index contributed by atoms with van der Waals surface area (Å²) in [6, 6.07) is 11.8. The van der Waals surface area contributed by atoms with Crippen LogP contribution in [0.25, 0.3) is 0 Å². The Morgan fingerprint density at radius 3 is 2.40 bits per heavy atom. The Labute approximate surface area is 147 Å². The van der Waals surface area contributed by atoms with Crippen molar-refractivity contribution in [2.24, 2.45) is 0 Å². The van der Waals surface area contributed by atoms with Crippen molar-refractivity contribution in [3.63, 3.8) is 0 Å². The monoisotopic (exact) mass is 364 g/mol. The second-order valence-corrected chi connectivity index (χ2v) is 7.78. The van der Waals surface area contributed by atoms with Gasteiger partial charge in [0.1, 0.15) is 11.9 Å². The van der Waals surface area contributed by atoms with Crippen LogP contribution < -0.4 is 9.62 Å². The minimum absolute atomic E-state index is 0.189. The highest BCUT2D eigenvalue weighted by Crippen LogP contribution is 2.22. The molecule has 0 aromatic heterocycles. The van der Waals surface area contributed by atoms with Crippen molar-refractivity contribution < 1.29 is 17.6 Å². The molecule has 1 atom stereocenters. The van der Waals surface area contributed by atoms with Gasteiger partial charge in [-0.25, -0.2) is 12.8 Å². The molecule has 1 N–H and O–H groups in total. The van der Waals surface area contributed by atoms with E-state index in [9.17, 15) is 17.6 Å². The maximum atomic E-state index is 12.9. The molecule has 134 valence electrons. The highest BCUT2D eigenvalue weighted by molar-refractivity contribution is 7.92. The summed E-state index contributed by atoms with van der Waals surface area (Å²) in [6.45, 7) is 3.57. The second-order valence-electron chi connectivity index (χ2n) is 5.92. The average Bonchev–Trinajstić information content (AvgIpc) is 2.53. The number of aryl methyl sites for hydroxylation is 1. The number of halogens is 1. The normalized spacial score (nSPS) is 12.5. The third-order valence-corrected chi connectivity index (χ3v) is 4.97. The predicted molar refractivity (Wildman–Crippen MR) is 96.2 cm³/mol. The van der Waals surface area contributed by atoms with Gasteiger partial charge in [-0.15, -0.1) is 0 Å². The van der Waals surface area contributed by atoms with Crippen LogP contribution in [0.15, 0.2) is 48.5 Å². The predicted octanol–water partition coefficient (Wildman–Crippen LogP) is 2.61. The molecule has 2 aromatic carbocycles. The molecule has 2 rings (SSSR count). The van der Waals surface area contributed by atoms with Crippen molar-refractivity contribution in [2.45, 2.75) is 26.4 Å². The Morgan fingerprint density at radius 1 is 1.20 bits per heavy atom. The molecule has 7 heteroatoms. The van der Waals surface area contributed by atoms with Crippen LogP contribution in [0.1, 0.15) is 18.1 Å². The number of anilines is 1. The Hall–Kier alpha value is -2.41. The van der Waals surface area contributed by atoms with Crippen molar-refractivity contribution in [1.82, 2.24) is 5.32 Å². The van der Waals surface area contributed by atoms with Crippen LogP contribution in [-0.2, 0) is 21.4 Å². The number of hydrogen-bond acceptors (Lipinski definition) is 3. The molecule has 1 unspecified atom stereocenters. The molecule has 0 aliphatic heterocycles. The summed E-state index contributed by atoms with van der Waals surface area (Å²) in [5.74, 6) is -0.789. The summed E-state index contributed by atoms with van der Waals surface area (Å²) in [4.78, 5) is 12.4. The summed E-state index contributed by atoms with van der Waals surface area (Å²) < 4.78 is 38.4. The van der Waals surface area contributed by atoms with E-state index in [1.807, 2.05) is 13.0 Å². The molecule has 0 fully saturated rings. The molecule has 0 heterocycles. The Morgan fingerprint density at radius 2 is 1.84 bits per heavy atom. The molecule has 0 saturated carbocycles. The van der Waals surface area contributed by atoms with Gasteiger partial charge in [-0.3, -0.25) is 9.10 Å². The smallest absolute Gasteiger partial charge is 0.243 e. The number of nitrogens with zero attached hydrogens (tertiary/aromatic N) is 1. The van der Waals surface area contributed by atoms with Gasteiger partial charge in [0.2, 0.25) is 15.9 Å². The molecule has 5 nitrogen and oxygen atoms in total. The van der Waals surface area contributed by atoms with Gasteiger partial charge in [-0.1, -0.05) is 24.3 Å². The van der Waals surface area contributed by atoms with Crippen LogP contribution in [0.5, 0.6) is 0 Å². The van der Waals surface area contributed by atoms with Crippen molar-refractivity contribution in [2.75, 3.05) is 10.6 Å². The fourth-order valence-electron chi connectivity index (χ4n) is 2.51. The summed E-state index contributed by atoms with van der Waals surface area (Å²) in [6.07, 6.45) is 1.07. The van der Waals surface area contributed by atoms with Gasteiger partial charge in [0.25, 0.3) is 0 Å². The zero-order valence-corrected chi connectivity index (χ0v) is 15.2. The number of benzene rings is 2. The van der Waals surface area contributed by atoms with Crippen LogP contribution in [-0.4, -0.2) is 26.6 Å². The van der Waals surface area contributed by atoms with Gasteiger partial charge in [-0.05, 0) is 49.2 Å². The number of carbonyl (C=O) groups excluding carboxylic acids is 1. The van der Waals surface area contributed by atoms with E-state index in [0.717, 1.165) is 21.7 Å². The zero-order chi connectivity index (χ0) is 18.6. The molecule has 0 radical (unpaired) electrons. The minimum atomic E-state index is -3.64. The van der Waals surface area contributed by atoms with E-state index >= 15 is 0 Å². The number of nitrogens with one attached hydrogen (secondary N) is 1. The molecule has 0 saturated heterocycles. The average molecular weight is 364 g/mol. The van der Waals surface area contributed by atoms with Gasteiger partial charge in [-0.2, -0.15) is 0 Å². The first-order valence-electron chi connectivity index (χ1n) is 7.76. The summed E-state index contributed by atoms with van der Waals surface area (Å²) in [7, 11) is -3.64. The number of carbonyl (C=O) groups is 1. The molecule has 1 amide bonds. The molecule has 0 spiro atoms. The SMILES string of the molecule is Cc1cccc(N(C(C)C(=O)NCc2ccc(F)cc2)S(C)(=O)=O)c1. The van der Waals surface area contributed by atoms with Gasteiger partial charge < -0.3 is 5.32 Å². The third kappa shape index (κ3) is 5.03. The topological polar surface area (TPSA) is 66.5 Å². The standard InChI is InChI=1S/C18H21FN2O3S/c1-13-5-4-6-17(11-13)21(25(3,23)24)14(2)18(22)20-12-15-7-9-16(19)10-8-15/h4-11,14H,12H2,1-3H3,(H,20,22). The second kappa shape index (κ2) is 7.65. The summed E-state index contributed by atoms with van der Waals surface area (Å²) in [5, 5.41) is 2.69. The fraction of sp³-hybridized carbons (Fsp3) is 0.278. The first kappa shape index (κ1) is 18.9. The Balaban J connectivity index is 2.17. The van der Waals surface area contributed by atoms with Crippen LogP contribution in [0.2, 0.25) is 0 Å². The van der Waals surface area contributed by atoms with Crippen LogP contribution in [0.3, 0.4) is 0 Å². The number of amides is 1. The van der Waals surface area contributed by atoms with E-state index in [4.69, 9.17) is 0 Å². The third-order valence-electron chi connectivity index (χ3n) is 3.72. The Bertz CT molecular complexity index is 851. The lowest BCUT2D eigenvalue weighted by molar-refractivity contribution is -0.122. The van der Waals surface area contributed by atoms with E-state index in [0.29, 0.717) is 5.69 Å². The molecular weight excluding hydrogens is 343 g/mol. The number of rotatable bonds is 6. The van der Waals surface area contributed by atoms with Crippen LogP contribution >= 0.6 is 0 Å².